The van der Waals surface area contributed by atoms with Gasteiger partial charge in [-0.3, -0.25) is 9.59 Å². The van der Waals surface area contributed by atoms with Crippen LogP contribution in [0.25, 0.3) is 0 Å². The van der Waals surface area contributed by atoms with Crippen LogP contribution in [0.4, 0.5) is 5.69 Å². The zero-order valence-electron chi connectivity index (χ0n) is 15.2. The van der Waals surface area contributed by atoms with E-state index in [9.17, 15) is 18.0 Å². The third kappa shape index (κ3) is 5.44. The number of carbonyl (C=O) groups is 2. The minimum absolute atomic E-state index is 0.133. The van der Waals surface area contributed by atoms with Gasteiger partial charge in [0, 0.05) is 16.3 Å². The Bertz CT molecular complexity index is 977. The number of carbonyl (C=O) groups excluding carboxylic acids is 2. The van der Waals surface area contributed by atoms with Crippen LogP contribution in [0.3, 0.4) is 0 Å². The molecule has 10 heteroatoms. The van der Waals surface area contributed by atoms with Gasteiger partial charge in [-0.2, -0.15) is 4.72 Å². The van der Waals surface area contributed by atoms with E-state index in [1.165, 1.54) is 49.4 Å². The molecular formula is C18H20ClN3O5S. The maximum atomic E-state index is 12.7. The third-order valence-corrected chi connectivity index (χ3v) is 5.45. The highest BCUT2D eigenvalue weighted by atomic mass is 35.5. The van der Waals surface area contributed by atoms with Crippen LogP contribution in [0.15, 0.2) is 47.4 Å². The van der Waals surface area contributed by atoms with Crippen LogP contribution >= 0.6 is 11.6 Å². The second-order valence-electron chi connectivity index (χ2n) is 5.80. The largest absolute Gasteiger partial charge is 0.492 e. The summed E-state index contributed by atoms with van der Waals surface area (Å²) in [6.07, 6.45) is 0. The van der Waals surface area contributed by atoms with E-state index in [0.717, 1.165) is 0 Å². The van der Waals surface area contributed by atoms with Crippen LogP contribution in [0.1, 0.15) is 24.2 Å². The molecule has 2 amide bonds. The molecule has 0 saturated carbocycles. The number of hydrogen-bond acceptors (Lipinski definition) is 5. The minimum Gasteiger partial charge on any atom is -0.492 e. The Morgan fingerprint density at radius 2 is 1.82 bits per heavy atom. The van der Waals surface area contributed by atoms with Gasteiger partial charge in [0.25, 0.3) is 0 Å². The van der Waals surface area contributed by atoms with Gasteiger partial charge in [0.2, 0.25) is 21.8 Å². The van der Waals surface area contributed by atoms with E-state index in [-0.39, 0.29) is 27.8 Å². The van der Waals surface area contributed by atoms with E-state index >= 15 is 0 Å². The summed E-state index contributed by atoms with van der Waals surface area (Å²) in [5.74, 6) is -1.05. The molecule has 150 valence electrons. The number of hydrogen-bond donors (Lipinski definition) is 3. The van der Waals surface area contributed by atoms with Crippen molar-refractivity contribution in [3.63, 3.8) is 0 Å². The van der Waals surface area contributed by atoms with Crippen molar-refractivity contribution in [2.45, 2.75) is 24.8 Å². The number of primary amides is 1. The van der Waals surface area contributed by atoms with E-state index in [0.29, 0.717) is 5.69 Å². The van der Waals surface area contributed by atoms with Crippen molar-refractivity contribution in [1.29, 1.82) is 0 Å². The maximum absolute atomic E-state index is 12.7. The number of ether oxygens (including phenoxy) is 1. The predicted molar refractivity (Wildman–Crippen MR) is 106 cm³/mol. The molecule has 4 N–H and O–H groups in total. The summed E-state index contributed by atoms with van der Waals surface area (Å²) >= 11 is 5.90. The summed E-state index contributed by atoms with van der Waals surface area (Å²) in [4.78, 5) is 23.2. The Hall–Kier alpha value is -2.62. The van der Waals surface area contributed by atoms with Crippen molar-refractivity contribution in [1.82, 2.24) is 4.72 Å². The van der Waals surface area contributed by atoms with Crippen LogP contribution in [-0.4, -0.2) is 32.9 Å². The molecule has 0 aliphatic rings. The van der Waals surface area contributed by atoms with Crippen LogP contribution < -0.4 is 20.5 Å². The fourth-order valence-electron chi connectivity index (χ4n) is 2.28. The minimum atomic E-state index is -4.07. The molecule has 0 aromatic heterocycles. The lowest BCUT2D eigenvalue weighted by Crippen LogP contribution is -2.41. The van der Waals surface area contributed by atoms with Crippen LogP contribution in [-0.2, 0) is 14.8 Å². The quantitative estimate of drug-likeness (QED) is 0.597. The molecule has 8 nitrogen and oxygen atoms in total. The zero-order valence-corrected chi connectivity index (χ0v) is 16.8. The summed E-state index contributed by atoms with van der Waals surface area (Å²) in [7, 11) is -4.07. The predicted octanol–water partition coefficient (Wildman–Crippen LogP) is 2.14. The van der Waals surface area contributed by atoms with Crippen molar-refractivity contribution in [3.05, 3.63) is 53.1 Å². The average Bonchev–Trinajstić information content (AvgIpc) is 2.63. The maximum Gasteiger partial charge on any atom is 0.248 e. The van der Waals surface area contributed by atoms with Gasteiger partial charge in [-0.05, 0) is 56.3 Å². The lowest BCUT2D eigenvalue weighted by molar-refractivity contribution is -0.117. The normalized spacial score (nSPS) is 12.2. The highest BCUT2D eigenvalue weighted by molar-refractivity contribution is 7.89. The van der Waals surface area contributed by atoms with E-state index < -0.39 is 27.9 Å². The second kappa shape index (κ2) is 9.05. The second-order valence-corrected chi connectivity index (χ2v) is 7.92. The molecule has 0 bridgehead atoms. The van der Waals surface area contributed by atoms with E-state index in [2.05, 4.69) is 10.0 Å². The zero-order chi connectivity index (χ0) is 20.9. The Labute approximate surface area is 168 Å². The molecule has 0 aliphatic carbocycles. The number of amides is 2. The molecule has 0 aliphatic heterocycles. The summed E-state index contributed by atoms with van der Waals surface area (Å²) in [6.45, 7) is 3.38. The first-order valence-corrected chi connectivity index (χ1v) is 10.2. The number of nitrogens with one attached hydrogen (secondary N) is 2. The molecule has 2 aromatic rings. The smallest absolute Gasteiger partial charge is 0.248 e. The molecule has 0 radical (unpaired) electrons. The van der Waals surface area contributed by atoms with E-state index in [1.807, 2.05) is 0 Å². The van der Waals surface area contributed by atoms with Gasteiger partial charge in [-0.1, -0.05) is 11.6 Å². The molecular weight excluding hydrogens is 406 g/mol. The standard InChI is InChI=1S/C18H20ClN3O5S/c1-3-27-15-9-6-13(19)10-16(15)28(25,26)22-11(2)18(24)21-14-7-4-12(5-8-14)17(20)23/h4-11,22H,3H2,1-2H3,(H2,20,23)(H,21,24). The highest BCUT2D eigenvalue weighted by Gasteiger charge is 2.25. The van der Waals surface area contributed by atoms with Crippen LogP contribution in [0.5, 0.6) is 5.75 Å². The molecule has 0 heterocycles. The van der Waals surface area contributed by atoms with Gasteiger partial charge in [-0.25, -0.2) is 8.42 Å². The Morgan fingerprint density at radius 1 is 1.18 bits per heavy atom. The molecule has 1 atom stereocenters. The summed E-state index contributed by atoms with van der Waals surface area (Å²) in [5.41, 5.74) is 5.84. The SMILES string of the molecule is CCOc1ccc(Cl)cc1S(=O)(=O)NC(C)C(=O)Nc1ccc(C(N)=O)cc1. The van der Waals surface area contributed by atoms with Gasteiger partial charge in [0.15, 0.2) is 0 Å². The molecule has 1 unspecified atom stereocenters. The molecule has 2 rings (SSSR count). The van der Waals surface area contributed by atoms with E-state index in [1.54, 1.807) is 6.92 Å². The van der Waals surface area contributed by atoms with Gasteiger partial charge in [-0.15, -0.1) is 0 Å². The summed E-state index contributed by atoms with van der Waals surface area (Å²) in [5, 5.41) is 2.78. The molecule has 28 heavy (non-hydrogen) atoms. The summed E-state index contributed by atoms with van der Waals surface area (Å²) < 4.78 is 33.0. The number of sulfonamides is 1. The fraction of sp³-hybridized carbons (Fsp3) is 0.222. The van der Waals surface area contributed by atoms with Crippen molar-refractivity contribution < 1.29 is 22.7 Å². The number of anilines is 1. The van der Waals surface area contributed by atoms with Crippen molar-refractivity contribution in [2.24, 2.45) is 5.73 Å². The van der Waals surface area contributed by atoms with Crippen molar-refractivity contribution in [3.8, 4) is 5.75 Å². The first kappa shape index (κ1) is 21.7. The lowest BCUT2D eigenvalue weighted by Gasteiger charge is -2.16. The molecule has 0 saturated heterocycles. The molecule has 2 aromatic carbocycles. The monoisotopic (exact) mass is 425 g/mol. The Kier molecular flexibility index (Phi) is 7.00. The Morgan fingerprint density at radius 3 is 2.39 bits per heavy atom. The van der Waals surface area contributed by atoms with Gasteiger partial charge < -0.3 is 15.8 Å². The highest BCUT2D eigenvalue weighted by Crippen LogP contribution is 2.27. The summed E-state index contributed by atoms with van der Waals surface area (Å²) in [6, 6.07) is 9.01. The number of rotatable bonds is 8. The first-order valence-electron chi connectivity index (χ1n) is 8.29. The number of benzene rings is 2. The van der Waals surface area contributed by atoms with Gasteiger partial charge in [0.1, 0.15) is 10.6 Å². The third-order valence-electron chi connectivity index (χ3n) is 3.66. The first-order chi connectivity index (χ1) is 13.1. The lowest BCUT2D eigenvalue weighted by atomic mass is 10.2. The van der Waals surface area contributed by atoms with Gasteiger partial charge in [0.05, 0.1) is 12.6 Å². The van der Waals surface area contributed by atoms with Crippen molar-refractivity contribution >= 4 is 39.1 Å². The molecule has 0 spiro atoms. The number of halogens is 1. The fourth-order valence-corrected chi connectivity index (χ4v) is 3.89. The van der Waals surface area contributed by atoms with Gasteiger partial charge >= 0.3 is 0 Å². The molecule has 0 fully saturated rings. The van der Waals surface area contributed by atoms with Crippen LogP contribution in [0.2, 0.25) is 5.02 Å². The van der Waals surface area contributed by atoms with Crippen LogP contribution in [0, 0.1) is 0 Å². The van der Waals surface area contributed by atoms with Crippen molar-refractivity contribution in [2.75, 3.05) is 11.9 Å². The average molecular weight is 426 g/mol. The Balaban J connectivity index is 2.14. The number of nitrogens with two attached hydrogens (primary N) is 1. The topological polar surface area (TPSA) is 128 Å². The van der Waals surface area contributed by atoms with E-state index in [4.69, 9.17) is 22.1 Å².